The van der Waals surface area contributed by atoms with E-state index < -0.39 is 43.4 Å². The Hall–Kier alpha value is -1.33. The summed E-state index contributed by atoms with van der Waals surface area (Å²) in [6, 6.07) is 0. The number of unbranched alkanes of at least 4 members (excludes halogenated alkanes) is 8. The topological polar surface area (TPSA) is 135 Å². The molecule has 4 N–H and O–H groups in total. The molecule has 0 aromatic rings. The molecule has 1 saturated heterocycles. The first-order chi connectivity index (χ1) is 18.9. The lowest BCUT2D eigenvalue weighted by Gasteiger charge is -2.39. The number of carbonyl (C=O) groups excluding carboxylic acids is 1. The summed E-state index contributed by atoms with van der Waals surface area (Å²) >= 11 is 0. The molecule has 6 unspecified atom stereocenters. The van der Waals surface area contributed by atoms with E-state index in [1.165, 1.54) is 38.5 Å². The summed E-state index contributed by atoms with van der Waals surface area (Å²) in [5.74, 6) is -0.373. The highest BCUT2D eigenvalue weighted by Crippen LogP contribution is 2.22. The van der Waals surface area contributed by atoms with Crippen LogP contribution in [0.5, 0.6) is 0 Å². The molecule has 1 aliphatic rings. The van der Waals surface area contributed by atoms with Crippen molar-refractivity contribution in [1.29, 1.82) is 0 Å². The molecule has 0 aromatic heterocycles. The standard InChI is InChI=1S/C30H54O9/c1-3-5-6-7-8-9-10-11-12-13-14-15-16-17-18-20-36-22-24(38-26(32)19-4-2)23-37-30-29(35)28(34)27(33)25(21-31)39-30/h7-8,10-11,24-25,27-31,33-35H,3-6,9,12-23H2,1-2H3/b8-7-,11-10-. The molecular weight excluding hydrogens is 504 g/mol. The highest BCUT2D eigenvalue weighted by molar-refractivity contribution is 5.69. The van der Waals surface area contributed by atoms with Gasteiger partial charge in [0.15, 0.2) is 6.29 Å². The van der Waals surface area contributed by atoms with Gasteiger partial charge in [0.25, 0.3) is 0 Å². The summed E-state index contributed by atoms with van der Waals surface area (Å²) in [5.41, 5.74) is 0. The molecule has 1 rings (SSSR count). The van der Waals surface area contributed by atoms with E-state index in [1.807, 2.05) is 6.92 Å². The van der Waals surface area contributed by atoms with Gasteiger partial charge in [-0.25, -0.2) is 0 Å². The van der Waals surface area contributed by atoms with Gasteiger partial charge in [0, 0.05) is 13.0 Å². The molecule has 0 radical (unpaired) electrons. The fraction of sp³-hybridized carbons (Fsp3) is 0.833. The van der Waals surface area contributed by atoms with Crippen LogP contribution in [0.3, 0.4) is 0 Å². The van der Waals surface area contributed by atoms with Crippen LogP contribution in [-0.4, -0.2) is 89.6 Å². The lowest BCUT2D eigenvalue weighted by Crippen LogP contribution is -2.59. The summed E-state index contributed by atoms with van der Waals surface area (Å²) in [4.78, 5) is 12.0. The number of ether oxygens (including phenoxy) is 4. The second-order valence-corrected chi connectivity index (χ2v) is 10.2. The van der Waals surface area contributed by atoms with Crippen molar-refractivity contribution in [3.05, 3.63) is 24.3 Å². The lowest BCUT2D eigenvalue weighted by atomic mass is 9.99. The van der Waals surface area contributed by atoms with Crippen LogP contribution in [0.25, 0.3) is 0 Å². The molecule has 1 aliphatic heterocycles. The molecule has 0 saturated carbocycles. The molecule has 39 heavy (non-hydrogen) atoms. The van der Waals surface area contributed by atoms with Crippen LogP contribution in [0.4, 0.5) is 0 Å². The third kappa shape index (κ3) is 16.5. The van der Waals surface area contributed by atoms with Crippen molar-refractivity contribution in [2.45, 2.75) is 134 Å². The van der Waals surface area contributed by atoms with Gasteiger partial charge in [-0.15, -0.1) is 0 Å². The Labute approximate surface area is 235 Å². The maximum absolute atomic E-state index is 12.0. The number of rotatable bonds is 23. The van der Waals surface area contributed by atoms with Gasteiger partial charge in [-0.3, -0.25) is 4.79 Å². The van der Waals surface area contributed by atoms with Crippen LogP contribution in [0.1, 0.15) is 97.3 Å². The Kier molecular flexibility index (Phi) is 21.4. The zero-order valence-corrected chi connectivity index (χ0v) is 24.1. The van der Waals surface area contributed by atoms with Crippen LogP contribution in [0, 0.1) is 0 Å². The number of aliphatic hydroxyl groups is 4. The van der Waals surface area contributed by atoms with Gasteiger partial charge in [0.1, 0.15) is 30.5 Å². The van der Waals surface area contributed by atoms with Crippen molar-refractivity contribution in [3.8, 4) is 0 Å². The van der Waals surface area contributed by atoms with E-state index in [-0.39, 0.29) is 25.6 Å². The Morgan fingerprint density at radius 3 is 2.15 bits per heavy atom. The Morgan fingerprint density at radius 2 is 1.49 bits per heavy atom. The molecule has 0 bridgehead atoms. The molecule has 1 heterocycles. The van der Waals surface area contributed by atoms with Gasteiger partial charge >= 0.3 is 5.97 Å². The minimum Gasteiger partial charge on any atom is -0.457 e. The molecule has 0 aliphatic carbocycles. The van der Waals surface area contributed by atoms with E-state index in [4.69, 9.17) is 18.9 Å². The van der Waals surface area contributed by atoms with Crippen LogP contribution in [0.2, 0.25) is 0 Å². The number of hydrogen-bond donors (Lipinski definition) is 4. The number of carbonyl (C=O) groups is 1. The first-order valence-corrected chi connectivity index (χ1v) is 14.9. The average molecular weight is 559 g/mol. The summed E-state index contributed by atoms with van der Waals surface area (Å²) in [5, 5.41) is 39.3. The maximum Gasteiger partial charge on any atom is 0.306 e. The van der Waals surface area contributed by atoms with E-state index in [0.29, 0.717) is 13.0 Å². The quantitative estimate of drug-likeness (QED) is 0.0835. The zero-order chi connectivity index (χ0) is 28.7. The van der Waals surface area contributed by atoms with E-state index in [0.717, 1.165) is 32.1 Å². The number of allylic oxidation sites excluding steroid dienone is 4. The van der Waals surface area contributed by atoms with Crippen molar-refractivity contribution < 1.29 is 44.2 Å². The van der Waals surface area contributed by atoms with Crippen molar-refractivity contribution >= 4 is 5.97 Å². The van der Waals surface area contributed by atoms with Crippen molar-refractivity contribution in [2.75, 3.05) is 26.4 Å². The third-order valence-corrected chi connectivity index (χ3v) is 6.59. The SMILES string of the molecule is CCCC/C=C\C/C=C\CCCCCCCCOCC(COC1OC(CO)C(O)C(O)C1O)OC(=O)CCC. The normalized spacial score (nSPS) is 24.5. The van der Waals surface area contributed by atoms with Crippen LogP contribution in [0.15, 0.2) is 24.3 Å². The second kappa shape index (κ2) is 23.4. The third-order valence-electron chi connectivity index (χ3n) is 6.59. The van der Waals surface area contributed by atoms with Gasteiger partial charge in [-0.2, -0.15) is 0 Å². The van der Waals surface area contributed by atoms with E-state index >= 15 is 0 Å². The number of esters is 1. The van der Waals surface area contributed by atoms with Crippen molar-refractivity contribution in [3.63, 3.8) is 0 Å². The molecule has 9 nitrogen and oxygen atoms in total. The summed E-state index contributed by atoms with van der Waals surface area (Å²) in [6.07, 6.45) is 15.0. The first kappa shape index (κ1) is 35.7. The second-order valence-electron chi connectivity index (χ2n) is 10.2. The molecule has 9 heteroatoms. The zero-order valence-electron chi connectivity index (χ0n) is 24.1. The largest absolute Gasteiger partial charge is 0.457 e. The molecule has 6 atom stereocenters. The lowest BCUT2D eigenvalue weighted by molar-refractivity contribution is -0.305. The molecule has 228 valence electrons. The van der Waals surface area contributed by atoms with E-state index in [9.17, 15) is 25.2 Å². The maximum atomic E-state index is 12.0. The van der Waals surface area contributed by atoms with Crippen molar-refractivity contribution in [2.24, 2.45) is 0 Å². The highest BCUT2D eigenvalue weighted by Gasteiger charge is 2.44. The fourth-order valence-electron chi connectivity index (χ4n) is 4.19. The van der Waals surface area contributed by atoms with Gasteiger partial charge in [0.2, 0.25) is 0 Å². The Balaban J connectivity index is 2.21. The van der Waals surface area contributed by atoms with Gasteiger partial charge in [0.05, 0.1) is 19.8 Å². The highest BCUT2D eigenvalue weighted by atomic mass is 16.7. The monoisotopic (exact) mass is 558 g/mol. The Bertz CT molecular complexity index is 652. The van der Waals surface area contributed by atoms with Gasteiger partial charge in [-0.1, -0.05) is 76.7 Å². The summed E-state index contributed by atoms with van der Waals surface area (Å²) < 4.78 is 22.1. The van der Waals surface area contributed by atoms with Crippen LogP contribution < -0.4 is 0 Å². The predicted molar refractivity (Wildman–Crippen MR) is 150 cm³/mol. The Morgan fingerprint density at radius 1 is 0.821 bits per heavy atom. The fourth-order valence-corrected chi connectivity index (χ4v) is 4.19. The predicted octanol–water partition coefficient (Wildman–Crippen LogP) is 3.95. The van der Waals surface area contributed by atoms with E-state index in [2.05, 4.69) is 31.2 Å². The van der Waals surface area contributed by atoms with Gasteiger partial charge in [-0.05, 0) is 38.5 Å². The number of hydrogen-bond acceptors (Lipinski definition) is 9. The summed E-state index contributed by atoms with van der Waals surface area (Å²) in [7, 11) is 0. The van der Waals surface area contributed by atoms with E-state index in [1.54, 1.807) is 0 Å². The average Bonchev–Trinajstić information content (AvgIpc) is 2.93. The van der Waals surface area contributed by atoms with Crippen LogP contribution in [-0.2, 0) is 23.7 Å². The molecule has 0 amide bonds. The van der Waals surface area contributed by atoms with Crippen molar-refractivity contribution in [1.82, 2.24) is 0 Å². The molecule has 0 spiro atoms. The minimum atomic E-state index is -1.53. The summed E-state index contributed by atoms with van der Waals surface area (Å²) in [6.45, 7) is 4.09. The smallest absolute Gasteiger partial charge is 0.306 e. The molecule has 0 aromatic carbocycles. The molecule has 1 fully saturated rings. The first-order valence-electron chi connectivity index (χ1n) is 14.9. The number of aliphatic hydroxyl groups excluding tert-OH is 4. The van der Waals surface area contributed by atoms with Gasteiger partial charge < -0.3 is 39.4 Å². The molecular formula is C30H54O9. The minimum absolute atomic E-state index is 0.123. The van der Waals surface area contributed by atoms with Crippen LogP contribution >= 0.6 is 0 Å².